The number of benzene rings is 1. The molecule has 3 aromatic rings. The predicted molar refractivity (Wildman–Crippen MR) is 135 cm³/mol. The number of hydrogen-bond acceptors (Lipinski definition) is 9. The molecule has 0 aliphatic carbocycles. The molecule has 0 amide bonds. The highest BCUT2D eigenvalue weighted by molar-refractivity contribution is 7.60. The number of anilines is 1. The van der Waals surface area contributed by atoms with Crippen LogP contribution in [0.5, 0.6) is 0 Å². The van der Waals surface area contributed by atoms with Crippen molar-refractivity contribution in [3.8, 4) is 0 Å². The minimum absolute atomic E-state index is 0.223. The minimum Gasteiger partial charge on any atom is -0.390 e. The Morgan fingerprint density at radius 1 is 1.11 bits per heavy atom. The maximum absolute atomic E-state index is 13.0. The molecule has 0 bridgehead atoms. The number of aromatic amines is 1. The molecule has 5 N–H and O–H groups in total. The van der Waals surface area contributed by atoms with Crippen molar-refractivity contribution in [2.75, 3.05) is 24.6 Å². The number of aliphatic hydroxyl groups excluding tert-OH is 1. The zero-order valence-electron chi connectivity index (χ0n) is 20.3. The zero-order valence-corrected chi connectivity index (χ0v) is 22.1. The van der Waals surface area contributed by atoms with E-state index in [1.54, 1.807) is 13.0 Å². The molecular weight excluding hydrogens is 528 g/mol. The van der Waals surface area contributed by atoms with E-state index in [4.69, 9.17) is 14.5 Å². The summed E-state index contributed by atoms with van der Waals surface area (Å²) < 4.78 is 36.7. The number of nitrogens with one attached hydrogen (secondary N) is 1. The van der Waals surface area contributed by atoms with E-state index in [0.29, 0.717) is 11.0 Å². The summed E-state index contributed by atoms with van der Waals surface area (Å²) in [5.74, 6) is -0.613. The van der Waals surface area contributed by atoms with Gasteiger partial charge in [-0.05, 0) is 38.1 Å². The third-order valence-corrected chi connectivity index (χ3v) is 8.55. The van der Waals surface area contributed by atoms with Gasteiger partial charge in [0.25, 0.3) is 5.56 Å². The molecule has 15 heteroatoms. The summed E-state index contributed by atoms with van der Waals surface area (Å²) in [6, 6.07) is 9.45. The Balaban J connectivity index is 1.60. The van der Waals surface area contributed by atoms with Crippen LogP contribution in [0.25, 0.3) is 21.9 Å². The lowest BCUT2D eigenvalue weighted by Gasteiger charge is -2.21. The number of nitrogens with zero attached hydrogens (tertiary/aromatic N) is 2. The number of hydrogen-bond donors (Lipinski definition) is 5. The van der Waals surface area contributed by atoms with Crippen LogP contribution in [0.2, 0.25) is 0 Å². The zero-order chi connectivity index (χ0) is 27.1. The summed E-state index contributed by atoms with van der Waals surface area (Å²) in [5, 5.41) is 12.1. The Morgan fingerprint density at radius 2 is 1.81 bits per heavy atom. The number of H-pyrrole nitrogens is 1. The number of aliphatic hydroxyl groups is 1. The second-order valence-corrected chi connectivity index (χ2v) is 11.6. The Kier molecular flexibility index (Phi) is 7.92. The van der Waals surface area contributed by atoms with Crippen molar-refractivity contribution in [2.24, 2.45) is 5.92 Å². The van der Waals surface area contributed by atoms with Crippen LogP contribution in [0, 0.1) is 5.92 Å². The van der Waals surface area contributed by atoms with Gasteiger partial charge in [-0.25, -0.2) is 14.1 Å². The first-order valence-electron chi connectivity index (χ1n) is 11.6. The van der Waals surface area contributed by atoms with E-state index in [0.717, 1.165) is 29.7 Å². The molecule has 4 rings (SSSR count). The number of aromatic nitrogens is 2. The van der Waals surface area contributed by atoms with Crippen molar-refractivity contribution >= 4 is 43.3 Å². The van der Waals surface area contributed by atoms with Crippen LogP contribution in [0.3, 0.4) is 0 Å². The summed E-state index contributed by atoms with van der Waals surface area (Å²) >= 11 is 0. The summed E-state index contributed by atoms with van der Waals surface area (Å²) in [6.07, 6.45) is -3.26. The molecule has 1 aliphatic rings. The van der Waals surface area contributed by atoms with Gasteiger partial charge in [0.2, 0.25) is 0 Å². The van der Waals surface area contributed by atoms with Gasteiger partial charge in [-0.15, -0.1) is 0 Å². The van der Waals surface area contributed by atoms with E-state index in [1.165, 1.54) is 0 Å². The second kappa shape index (κ2) is 10.5. The molecule has 1 saturated heterocycles. The molecule has 0 radical (unpaired) electrons. The molecule has 202 valence electrons. The monoisotopic (exact) mass is 557 g/mol. The lowest BCUT2D eigenvalue weighted by Crippen LogP contribution is -2.29. The van der Waals surface area contributed by atoms with Gasteiger partial charge in [0, 0.05) is 41.0 Å². The van der Waals surface area contributed by atoms with Gasteiger partial charge >= 0.3 is 15.6 Å². The third-order valence-electron chi connectivity index (χ3n) is 6.40. The van der Waals surface area contributed by atoms with E-state index in [-0.39, 0.29) is 5.56 Å². The highest BCUT2D eigenvalue weighted by Gasteiger charge is 2.44. The molecule has 1 aliphatic heterocycles. The molecule has 1 fully saturated rings. The van der Waals surface area contributed by atoms with Gasteiger partial charge in [-0.1, -0.05) is 13.0 Å². The number of ether oxygens (including phenoxy) is 1. The smallest absolute Gasteiger partial charge is 0.390 e. The maximum Gasteiger partial charge on any atom is 0.481 e. The van der Waals surface area contributed by atoms with E-state index in [2.05, 4.69) is 37.5 Å². The molecule has 1 aromatic carbocycles. The number of fused-ring (bicyclic) bond motifs is 2. The van der Waals surface area contributed by atoms with Crippen molar-refractivity contribution in [3.05, 3.63) is 46.2 Å². The molecular formula is C22H29N3O10P2. The maximum atomic E-state index is 13.0. The van der Waals surface area contributed by atoms with Crippen molar-refractivity contribution in [1.82, 2.24) is 9.97 Å². The summed E-state index contributed by atoms with van der Waals surface area (Å²) in [7, 11) is -10.4. The molecule has 0 saturated carbocycles. The highest BCUT2D eigenvalue weighted by atomic mass is 31.3. The third kappa shape index (κ3) is 6.12. The average molecular weight is 557 g/mol. The fourth-order valence-corrected chi connectivity index (χ4v) is 6.12. The number of pyridine rings is 2. The fraction of sp³-hybridized carbons (Fsp3) is 0.455. The molecule has 13 nitrogen and oxygen atoms in total. The van der Waals surface area contributed by atoms with E-state index < -0.39 is 52.0 Å². The largest absolute Gasteiger partial charge is 0.481 e. The quantitative estimate of drug-likeness (QED) is 0.191. The standard InChI is InChI=1S/C22H29N3O10P2/c1-4-25(5-2)15-7-6-13-8-14-9-16(22(27)24-21(14)23-17(13)10-15)20-12(3)19(26)18(34-20)11-33-37(31,32)35-36(28,29)30/h6-10,12,18-20,26H,4-5,11H2,1-3H3,(H,31,32)(H,23,24,27)(H2,28,29,30)/t12?,18-,19-,20-/m1/s1. The topological polar surface area (TPSA) is 192 Å². The van der Waals surface area contributed by atoms with Crippen LogP contribution in [-0.2, 0) is 22.7 Å². The van der Waals surface area contributed by atoms with Gasteiger partial charge in [0.05, 0.1) is 24.3 Å². The Morgan fingerprint density at radius 3 is 2.46 bits per heavy atom. The molecule has 3 heterocycles. The molecule has 5 atom stereocenters. The van der Waals surface area contributed by atoms with Crippen LogP contribution >= 0.6 is 15.6 Å². The van der Waals surface area contributed by atoms with Gasteiger partial charge < -0.3 is 34.4 Å². The number of phosphoric ester groups is 1. The van der Waals surface area contributed by atoms with E-state index in [9.17, 15) is 23.9 Å². The normalized spacial score (nSPS) is 24.0. The lowest BCUT2D eigenvalue weighted by molar-refractivity contribution is -0.0224. The van der Waals surface area contributed by atoms with Gasteiger partial charge in [-0.3, -0.25) is 9.32 Å². The summed E-state index contributed by atoms with van der Waals surface area (Å²) in [6.45, 7) is 6.76. The molecule has 2 aromatic heterocycles. The first kappa shape index (κ1) is 27.8. The average Bonchev–Trinajstić information content (AvgIpc) is 3.09. The summed E-state index contributed by atoms with van der Waals surface area (Å²) in [4.78, 5) is 49.5. The predicted octanol–water partition coefficient (Wildman–Crippen LogP) is 2.59. The minimum atomic E-state index is -5.29. The van der Waals surface area contributed by atoms with Gasteiger partial charge in [-0.2, -0.15) is 4.31 Å². The molecule has 0 spiro atoms. The number of rotatable bonds is 9. The van der Waals surface area contributed by atoms with E-state index in [1.807, 2.05) is 24.3 Å². The van der Waals surface area contributed by atoms with Crippen molar-refractivity contribution in [1.29, 1.82) is 0 Å². The second-order valence-electron chi connectivity index (χ2n) is 8.81. The van der Waals surface area contributed by atoms with Crippen LogP contribution in [0.4, 0.5) is 5.69 Å². The Bertz CT molecular complexity index is 1450. The van der Waals surface area contributed by atoms with Crippen LogP contribution in [0.1, 0.15) is 32.4 Å². The van der Waals surface area contributed by atoms with Crippen LogP contribution in [-0.4, -0.2) is 61.7 Å². The van der Waals surface area contributed by atoms with Crippen molar-refractivity contribution < 1.29 is 42.5 Å². The van der Waals surface area contributed by atoms with E-state index >= 15 is 0 Å². The Hall–Kier alpha value is -2.18. The lowest BCUT2D eigenvalue weighted by atomic mass is 9.94. The van der Waals surface area contributed by atoms with Crippen LogP contribution in [0.15, 0.2) is 35.1 Å². The first-order chi connectivity index (χ1) is 17.3. The van der Waals surface area contributed by atoms with Crippen molar-refractivity contribution in [3.63, 3.8) is 0 Å². The first-order valence-corrected chi connectivity index (χ1v) is 14.6. The molecule has 37 heavy (non-hydrogen) atoms. The highest BCUT2D eigenvalue weighted by Crippen LogP contribution is 2.57. The van der Waals surface area contributed by atoms with Gasteiger partial charge in [0.15, 0.2) is 0 Å². The molecule has 2 unspecified atom stereocenters. The number of phosphoric acid groups is 2. The van der Waals surface area contributed by atoms with Gasteiger partial charge in [0.1, 0.15) is 11.8 Å². The fourth-order valence-electron chi connectivity index (χ4n) is 4.52. The van der Waals surface area contributed by atoms with Crippen LogP contribution < -0.4 is 10.5 Å². The summed E-state index contributed by atoms with van der Waals surface area (Å²) in [5.41, 5.74) is 1.89. The van der Waals surface area contributed by atoms with Crippen molar-refractivity contribution in [2.45, 2.75) is 39.1 Å². The SMILES string of the molecule is CCN(CC)c1ccc2cc3cc([C@@H]4O[C@H](COP(=O)(O)OP(=O)(O)O)[C@H](O)C4C)c(=O)[nH]c3nc2c1. The Labute approximate surface area is 211 Å².